The maximum atomic E-state index is 12.5. The summed E-state index contributed by atoms with van der Waals surface area (Å²) in [6.07, 6.45) is 9.09. The Labute approximate surface area is 135 Å². The van der Waals surface area contributed by atoms with Crippen molar-refractivity contribution in [3.63, 3.8) is 0 Å². The number of ketones is 1. The molecule has 0 saturated heterocycles. The highest BCUT2D eigenvalue weighted by atomic mass is 16.5. The van der Waals surface area contributed by atoms with Crippen LogP contribution in [0.4, 0.5) is 0 Å². The summed E-state index contributed by atoms with van der Waals surface area (Å²) in [6, 6.07) is 8.16. The number of rotatable bonds is 8. The molecule has 0 aliphatic heterocycles. The third-order valence-electron chi connectivity index (χ3n) is 4.71. The summed E-state index contributed by atoms with van der Waals surface area (Å²) >= 11 is 0. The highest BCUT2D eigenvalue weighted by Crippen LogP contribution is 2.35. The standard InChI is InChI=1S/C20H30O2/c1-3-5-6-7-16-8-13-19(20(21)15-16)17-9-11-18(12-10-17)22-14-4-2/h9-12,16,19H,3-8,13-15H2,1-2H3/t16-,19+/m0/s1. The van der Waals surface area contributed by atoms with Crippen LogP contribution in [0, 0.1) is 5.92 Å². The third kappa shape index (κ3) is 4.86. The van der Waals surface area contributed by atoms with Gasteiger partial charge in [0.1, 0.15) is 11.5 Å². The zero-order valence-corrected chi connectivity index (χ0v) is 14.1. The Morgan fingerprint density at radius 3 is 2.45 bits per heavy atom. The first-order valence-corrected chi connectivity index (χ1v) is 9.00. The Balaban J connectivity index is 1.87. The van der Waals surface area contributed by atoms with Gasteiger partial charge in [-0.3, -0.25) is 4.79 Å². The van der Waals surface area contributed by atoms with Crippen LogP contribution in [0.15, 0.2) is 24.3 Å². The minimum Gasteiger partial charge on any atom is -0.494 e. The fourth-order valence-corrected chi connectivity index (χ4v) is 3.39. The summed E-state index contributed by atoms with van der Waals surface area (Å²) in [5.41, 5.74) is 1.17. The van der Waals surface area contributed by atoms with E-state index in [0.29, 0.717) is 11.7 Å². The van der Waals surface area contributed by atoms with Crippen LogP contribution in [0.1, 0.15) is 76.7 Å². The van der Waals surface area contributed by atoms with Gasteiger partial charge in [-0.2, -0.15) is 0 Å². The van der Waals surface area contributed by atoms with E-state index in [1.807, 2.05) is 12.1 Å². The summed E-state index contributed by atoms with van der Waals surface area (Å²) in [4.78, 5) is 12.5. The minimum absolute atomic E-state index is 0.114. The Morgan fingerprint density at radius 2 is 1.82 bits per heavy atom. The van der Waals surface area contributed by atoms with Crippen molar-refractivity contribution in [2.75, 3.05) is 6.61 Å². The molecule has 1 aromatic rings. The number of hydrogen-bond donors (Lipinski definition) is 0. The second-order valence-electron chi connectivity index (χ2n) is 6.58. The number of carbonyl (C=O) groups excluding carboxylic acids is 1. The van der Waals surface area contributed by atoms with Crippen molar-refractivity contribution in [3.8, 4) is 5.75 Å². The largest absolute Gasteiger partial charge is 0.494 e. The molecule has 1 aliphatic rings. The van der Waals surface area contributed by atoms with Crippen molar-refractivity contribution in [3.05, 3.63) is 29.8 Å². The summed E-state index contributed by atoms with van der Waals surface area (Å²) < 4.78 is 5.61. The molecule has 1 saturated carbocycles. The highest BCUT2D eigenvalue weighted by molar-refractivity contribution is 5.86. The normalized spacial score (nSPS) is 21.8. The number of hydrogen-bond acceptors (Lipinski definition) is 2. The zero-order valence-electron chi connectivity index (χ0n) is 14.1. The van der Waals surface area contributed by atoms with Gasteiger partial charge in [0.25, 0.3) is 0 Å². The molecule has 22 heavy (non-hydrogen) atoms. The van der Waals surface area contributed by atoms with E-state index in [1.165, 1.54) is 37.7 Å². The maximum Gasteiger partial charge on any atom is 0.140 e. The van der Waals surface area contributed by atoms with Crippen molar-refractivity contribution >= 4 is 5.78 Å². The average Bonchev–Trinajstić information content (AvgIpc) is 2.54. The molecule has 0 aromatic heterocycles. The second-order valence-corrected chi connectivity index (χ2v) is 6.58. The summed E-state index contributed by atoms with van der Waals surface area (Å²) in [7, 11) is 0. The Kier molecular flexibility index (Phi) is 6.95. The van der Waals surface area contributed by atoms with Crippen LogP contribution >= 0.6 is 0 Å². The number of carbonyl (C=O) groups is 1. The third-order valence-corrected chi connectivity index (χ3v) is 4.71. The monoisotopic (exact) mass is 302 g/mol. The fourth-order valence-electron chi connectivity index (χ4n) is 3.39. The van der Waals surface area contributed by atoms with Crippen molar-refractivity contribution in [2.24, 2.45) is 5.92 Å². The van der Waals surface area contributed by atoms with E-state index in [1.54, 1.807) is 0 Å². The SMILES string of the molecule is CCCCC[C@H]1CC[C@H](c2ccc(OCCC)cc2)C(=O)C1. The number of Topliss-reactive ketones (excluding diaryl/α,β-unsaturated/α-hetero) is 1. The average molecular weight is 302 g/mol. The highest BCUT2D eigenvalue weighted by Gasteiger charge is 2.29. The van der Waals surface area contributed by atoms with Crippen LogP contribution in [-0.4, -0.2) is 12.4 Å². The van der Waals surface area contributed by atoms with Crippen molar-refractivity contribution in [1.82, 2.24) is 0 Å². The zero-order chi connectivity index (χ0) is 15.8. The van der Waals surface area contributed by atoms with Gasteiger partial charge in [-0.25, -0.2) is 0 Å². The van der Waals surface area contributed by atoms with Gasteiger partial charge in [-0.05, 0) is 42.9 Å². The van der Waals surface area contributed by atoms with E-state index < -0.39 is 0 Å². The molecule has 0 N–H and O–H groups in total. The van der Waals surface area contributed by atoms with Crippen LogP contribution in [0.2, 0.25) is 0 Å². The van der Waals surface area contributed by atoms with Gasteiger partial charge < -0.3 is 4.74 Å². The Hall–Kier alpha value is -1.31. The summed E-state index contributed by atoms with van der Waals surface area (Å²) in [5.74, 6) is 2.09. The van der Waals surface area contributed by atoms with E-state index in [9.17, 15) is 4.79 Å². The number of benzene rings is 1. The first-order chi connectivity index (χ1) is 10.7. The molecule has 0 radical (unpaired) electrons. The van der Waals surface area contributed by atoms with Gasteiger partial charge in [-0.1, -0.05) is 51.7 Å². The molecule has 2 rings (SSSR count). The van der Waals surface area contributed by atoms with Gasteiger partial charge in [0.15, 0.2) is 0 Å². The van der Waals surface area contributed by atoms with Crippen molar-refractivity contribution < 1.29 is 9.53 Å². The Morgan fingerprint density at radius 1 is 1.05 bits per heavy atom. The van der Waals surface area contributed by atoms with E-state index in [4.69, 9.17) is 4.74 Å². The van der Waals surface area contributed by atoms with E-state index in [-0.39, 0.29) is 5.92 Å². The molecule has 1 fully saturated rings. The van der Waals surface area contributed by atoms with Crippen LogP contribution in [0.5, 0.6) is 5.75 Å². The molecule has 0 heterocycles. The topological polar surface area (TPSA) is 26.3 Å². The summed E-state index contributed by atoms with van der Waals surface area (Å²) in [5, 5.41) is 0. The molecule has 1 aliphatic carbocycles. The molecular weight excluding hydrogens is 272 g/mol. The van der Waals surface area contributed by atoms with Crippen LogP contribution < -0.4 is 4.74 Å². The molecule has 0 unspecified atom stereocenters. The summed E-state index contributed by atoms with van der Waals surface area (Å²) in [6.45, 7) is 5.09. The predicted octanol–water partition coefficient (Wildman–Crippen LogP) is 5.51. The van der Waals surface area contributed by atoms with Crippen molar-refractivity contribution in [2.45, 2.75) is 71.1 Å². The first kappa shape index (κ1) is 17.1. The molecule has 2 atom stereocenters. The molecule has 0 spiro atoms. The smallest absolute Gasteiger partial charge is 0.140 e. The van der Waals surface area contributed by atoms with Gasteiger partial charge in [0.2, 0.25) is 0 Å². The van der Waals surface area contributed by atoms with E-state index in [0.717, 1.165) is 31.6 Å². The molecule has 1 aromatic carbocycles. The van der Waals surface area contributed by atoms with Gasteiger partial charge in [-0.15, -0.1) is 0 Å². The van der Waals surface area contributed by atoms with Gasteiger partial charge in [0.05, 0.1) is 6.61 Å². The maximum absolute atomic E-state index is 12.5. The first-order valence-electron chi connectivity index (χ1n) is 9.00. The molecular formula is C20H30O2. The van der Waals surface area contributed by atoms with E-state index >= 15 is 0 Å². The predicted molar refractivity (Wildman–Crippen MR) is 91.5 cm³/mol. The van der Waals surface area contributed by atoms with E-state index in [2.05, 4.69) is 26.0 Å². The van der Waals surface area contributed by atoms with Gasteiger partial charge in [0, 0.05) is 12.3 Å². The lowest BCUT2D eigenvalue weighted by Gasteiger charge is -2.27. The van der Waals surface area contributed by atoms with Crippen LogP contribution in [0.3, 0.4) is 0 Å². The van der Waals surface area contributed by atoms with Crippen LogP contribution in [-0.2, 0) is 4.79 Å². The molecule has 0 amide bonds. The number of unbranched alkanes of at least 4 members (excludes halogenated alkanes) is 2. The van der Waals surface area contributed by atoms with Gasteiger partial charge >= 0.3 is 0 Å². The minimum atomic E-state index is 0.114. The lowest BCUT2D eigenvalue weighted by Crippen LogP contribution is -2.23. The lowest BCUT2D eigenvalue weighted by atomic mass is 9.76. The number of ether oxygens (including phenoxy) is 1. The van der Waals surface area contributed by atoms with Crippen molar-refractivity contribution in [1.29, 1.82) is 0 Å². The quantitative estimate of drug-likeness (QED) is 0.592. The molecule has 2 nitrogen and oxygen atoms in total. The van der Waals surface area contributed by atoms with Crippen LogP contribution in [0.25, 0.3) is 0 Å². The molecule has 122 valence electrons. The molecule has 2 heteroatoms. The second kappa shape index (κ2) is 8.97. The Bertz CT molecular complexity index is 449. The lowest BCUT2D eigenvalue weighted by molar-refractivity contribution is -0.123. The molecule has 0 bridgehead atoms. The fraction of sp³-hybridized carbons (Fsp3) is 0.650.